The van der Waals surface area contributed by atoms with Crippen LogP contribution in [0.15, 0.2) is 43.0 Å². The molecule has 0 amide bonds. The summed E-state index contributed by atoms with van der Waals surface area (Å²) in [5.41, 5.74) is 1.53. The molecule has 1 unspecified atom stereocenters. The van der Waals surface area contributed by atoms with E-state index in [4.69, 9.17) is 4.74 Å². The largest absolute Gasteiger partial charge is 0.458 e. The van der Waals surface area contributed by atoms with E-state index in [1.165, 1.54) is 0 Å². The zero-order valence-corrected chi connectivity index (χ0v) is 11.8. The summed E-state index contributed by atoms with van der Waals surface area (Å²) in [5, 5.41) is 0. The molecule has 0 aliphatic carbocycles. The Labute approximate surface area is 116 Å². The van der Waals surface area contributed by atoms with Gasteiger partial charge in [-0.25, -0.2) is 9.78 Å². The molecule has 4 nitrogen and oxygen atoms in total. The molecule has 2 aromatic rings. The molecule has 0 bridgehead atoms. The highest BCUT2D eigenvalue weighted by Crippen LogP contribution is 2.11. The van der Waals surface area contributed by atoms with Crippen LogP contribution in [0.4, 0.5) is 0 Å². The standard InChI is InChI=1S/C14H16N2O2S/c1-11(9-19-2)18-14(17)12-3-5-13(6-4-12)16-8-7-15-10-16/h3-8,10-11H,9H2,1-2H3. The number of benzene rings is 1. The lowest BCUT2D eigenvalue weighted by Gasteiger charge is -2.12. The zero-order chi connectivity index (χ0) is 13.7. The van der Waals surface area contributed by atoms with Crippen molar-refractivity contribution in [1.29, 1.82) is 0 Å². The maximum Gasteiger partial charge on any atom is 0.338 e. The van der Waals surface area contributed by atoms with Gasteiger partial charge in [0.25, 0.3) is 0 Å². The van der Waals surface area contributed by atoms with Gasteiger partial charge in [0.1, 0.15) is 6.10 Å². The van der Waals surface area contributed by atoms with Crippen molar-refractivity contribution in [3.63, 3.8) is 0 Å². The minimum atomic E-state index is -0.279. The van der Waals surface area contributed by atoms with Crippen LogP contribution in [-0.4, -0.2) is 33.6 Å². The first kappa shape index (κ1) is 13.7. The number of hydrogen-bond acceptors (Lipinski definition) is 4. The SMILES string of the molecule is CSCC(C)OC(=O)c1ccc(-n2ccnc2)cc1. The topological polar surface area (TPSA) is 44.1 Å². The van der Waals surface area contributed by atoms with Crippen LogP contribution in [-0.2, 0) is 4.74 Å². The summed E-state index contributed by atoms with van der Waals surface area (Å²) in [6.45, 7) is 1.90. The number of rotatable bonds is 5. The molecule has 0 N–H and O–H groups in total. The summed E-state index contributed by atoms with van der Waals surface area (Å²) < 4.78 is 7.21. The van der Waals surface area contributed by atoms with Gasteiger partial charge in [-0.15, -0.1) is 0 Å². The van der Waals surface area contributed by atoms with Crippen LogP contribution in [0.1, 0.15) is 17.3 Å². The lowest BCUT2D eigenvalue weighted by Crippen LogP contribution is -2.17. The van der Waals surface area contributed by atoms with E-state index in [2.05, 4.69) is 4.98 Å². The Morgan fingerprint density at radius 2 is 2.16 bits per heavy atom. The minimum Gasteiger partial charge on any atom is -0.458 e. The molecular formula is C14H16N2O2S. The summed E-state index contributed by atoms with van der Waals surface area (Å²) in [6.07, 6.45) is 7.20. The van der Waals surface area contributed by atoms with Crippen LogP contribution in [0.25, 0.3) is 5.69 Å². The summed E-state index contributed by atoms with van der Waals surface area (Å²) in [5.74, 6) is 0.525. The van der Waals surface area contributed by atoms with Gasteiger partial charge < -0.3 is 9.30 Å². The van der Waals surface area contributed by atoms with Crippen LogP contribution in [0, 0.1) is 0 Å². The average Bonchev–Trinajstić information content (AvgIpc) is 2.93. The predicted octanol–water partition coefficient (Wildman–Crippen LogP) is 2.78. The van der Waals surface area contributed by atoms with Crippen LogP contribution in [0.2, 0.25) is 0 Å². The van der Waals surface area contributed by atoms with Crippen molar-refractivity contribution in [1.82, 2.24) is 9.55 Å². The predicted molar refractivity (Wildman–Crippen MR) is 76.8 cm³/mol. The second kappa shape index (κ2) is 6.43. The third-order valence-electron chi connectivity index (χ3n) is 2.62. The summed E-state index contributed by atoms with van der Waals surface area (Å²) in [7, 11) is 0. The third kappa shape index (κ3) is 3.61. The van der Waals surface area contributed by atoms with Crippen LogP contribution < -0.4 is 0 Å². The fourth-order valence-corrected chi connectivity index (χ4v) is 2.24. The minimum absolute atomic E-state index is 0.0733. The number of carbonyl (C=O) groups is 1. The monoisotopic (exact) mass is 276 g/mol. The summed E-state index contributed by atoms with van der Waals surface area (Å²) in [6, 6.07) is 7.28. The number of nitrogens with zero attached hydrogens (tertiary/aromatic N) is 2. The highest BCUT2D eigenvalue weighted by atomic mass is 32.2. The maximum absolute atomic E-state index is 11.9. The van der Waals surface area contributed by atoms with Crippen LogP contribution in [0.3, 0.4) is 0 Å². The van der Waals surface area contributed by atoms with E-state index in [9.17, 15) is 4.79 Å². The molecule has 0 saturated heterocycles. The Hall–Kier alpha value is -1.75. The molecule has 0 radical (unpaired) electrons. The van der Waals surface area contributed by atoms with Crippen molar-refractivity contribution in [2.45, 2.75) is 13.0 Å². The first-order chi connectivity index (χ1) is 9.20. The molecule has 0 aliphatic heterocycles. The van der Waals surface area contributed by atoms with Crippen molar-refractivity contribution in [3.05, 3.63) is 48.5 Å². The highest BCUT2D eigenvalue weighted by Gasteiger charge is 2.11. The van der Waals surface area contributed by atoms with Gasteiger partial charge in [-0.05, 0) is 37.4 Å². The molecule has 1 heterocycles. The first-order valence-corrected chi connectivity index (χ1v) is 7.38. The molecule has 0 spiro atoms. The molecule has 1 aromatic carbocycles. The Bertz CT molecular complexity index is 523. The average molecular weight is 276 g/mol. The Morgan fingerprint density at radius 1 is 1.42 bits per heavy atom. The number of carbonyl (C=O) groups excluding carboxylic acids is 1. The zero-order valence-electron chi connectivity index (χ0n) is 10.9. The first-order valence-electron chi connectivity index (χ1n) is 5.99. The van der Waals surface area contributed by atoms with Crippen molar-refractivity contribution in [2.75, 3.05) is 12.0 Å². The van der Waals surface area contributed by atoms with E-state index < -0.39 is 0 Å². The van der Waals surface area contributed by atoms with Crippen molar-refractivity contribution < 1.29 is 9.53 Å². The highest BCUT2D eigenvalue weighted by molar-refractivity contribution is 7.98. The van der Waals surface area contributed by atoms with Crippen LogP contribution in [0.5, 0.6) is 0 Å². The number of hydrogen-bond donors (Lipinski definition) is 0. The molecule has 0 saturated carbocycles. The van der Waals surface area contributed by atoms with Gasteiger partial charge in [0.05, 0.1) is 11.9 Å². The third-order valence-corrected chi connectivity index (χ3v) is 3.42. The van der Waals surface area contributed by atoms with Gasteiger partial charge in [-0.3, -0.25) is 0 Å². The van der Waals surface area contributed by atoms with Crippen molar-refractivity contribution in [3.8, 4) is 5.69 Å². The van der Waals surface area contributed by atoms with E-state index >= 15 is 0 Å². The van der Waals surface area contributed by atoms with Gasteiger partial charge in [0.15, 0.2) is 0 Å². The molecule has 0 aliphatic rings. The van der Waals surface area contributed by atoms with Crippen LogP contribution >= 0.6 is 11.8 Å². The quantitative estimate of drug-likeness (QED) is 0.788. The molecule has 5 heteroatoms. The Kier molecular flexibility index (Phi) is 4.63. The van der Waals surface area contributed by atoms with Gasteiger partial charge >= 0.3 is 5.97 Å². The normalized spacial score (nSPS) is 12.1. The van der Waals surface area contributed by atoms with Gasteiger partial charge in [-0.2, -0.15) is 11.8 Å². The molecule has 100 valence electrons. The lowest BCUT2D eigenvalue weighted by atomic mass is 10.2. The van der Waals surface area contributed by atoms with Crippen molar-refractivity contribution in [2.24, 2.45) is 0 Å². The van der Waals surface area contributed by atoms with Gasteiger partial charge in [0.2, 0.25) is 0 Å². The number of ether oxygens (including phenoxy) is 1. The second-order valence-corrected chi connectivity index (χ2v) is 5.10. The molecule has 1 atom stereocenters. The van der Waals surface area contributed by atoms with E-state index in [0.29, 0.717) is 5.56 Å². The molecule has 2 rings (SSSR count). The molecular weight excluding hydrogens is 260 g/mol. The van der Waals surface area contributed by atoms with Crippen molar-refractivity contribution >= 4 is 17.7 Å². The van der Waals surface area contributed by atoms with E-state index in [1.54, 1.807) is 36.4 Å². The number of thioether (sulfide) groups is 1. The second-order valence-electron chi connectivity index (χ2n) is 4.19. The maximum atomic E-state index is 11.9. The fourth-order valence-electron chi connectivity index (χ4n) is 1.70. The molecule has 19 heavy (non-hydrogen) atoms. The summed E-state index contributed by atoms with van der Waals surface area (Å²) >= 11 is 1.66. The Balaban J connectivity index is 2.04. The number of esters is 1. The van der Waals surface area contributed by atoms with Gasteiger partial charge in [0, 0.05) is 23.8 Å². The van der Waals surface area contributed by atoms with Gasteiger partial charge in [-0.1, -0.05) is 0 Å². The summed E-state index contributed by atoms with van der Waals surface area (Å²) in [4.78, 5) is 15.9. The van der Waals surface area contributed by atoms with E-state index in [-0.39, 0.29) is 12.1 Å². The van der Waals surface area contributed by atoms with E-state index in [0.717, 1.165) is 11.4 Å². The lowest BCUT2D eigenvalue weighted by molar-refractivity contribution is 0.0386. The molecule has 1 aromatic heterocycles. The fraction of sp³-hybridized carbons (Fsp3) is 0.286. The Morgan fingerprint density at radius 3 is 2.74 bits per heavy atom. The van der Waals surface area contributed by atoms with E-state index in [1.807, 2.05) is 36.1 Å². The molecule has 0 fully saturated rings. The smallest absolute Gasteiger partial charge is 0.338 e. The number of imidazole rings is 1. The number of aromatic nitrogens is 2.